The van der Waals surface area contributed by atoms with Gasteiger partial charge < -0.3 is 76.0 Å². The van der Waals surface area contributed by atoms with Crippen molar-refractivity contribution in [3.05, 3.63) is 0 Å². The Balaban J connectivity index is 1.63. The Morgan fingerprint density at radius 1 is 0.675 bits per heavy atom. The molecule has 0 spiro atoms. The van der Waals surface area contributed by atoms with Crippen LogP contribution in [-0.2, 0) is 33.3 Å². The molecule has 18 nitrogen and oxygen atoms in total. The van der Waals surface area contributed by atoms with Gasteiger partial charge in [0.15, 0.2) is 18.9 Å². The highest BCUT2D eigenvalue weighted by Gasteiger charge is 2.56. The Bertz CT molecular complexity index is 882. The van der Waals surface area contributed by atoms with Crippen LogP contribution in [0.1, 0.15) is 12.8 Å². The maximum Gasteiger partial charge on any atom is 0.230 e. The maximum absolute atomic E-state index is 12.7. The van der Waals surface area contributed by atoms with Crippen LogP contribution in [0.5, 0.6) is 0 Å². The molecule has 4 aliphatic rings. The van der Waals surface area contributed by atoms with E-state index in [0.717, 1.165) is 0 Å². The van der Waals surface area contributed by atoms with Crippen molar-refractivity contribution in [2.24, 2.45) is 11.5 Å². The van der Waals surface area contributed by atoms with Crippen LogP contribution in [0.4, 0.5) is 0 Å². The fraction of sp³-hybridized carbons (Fsp3) is 0.909. The minimum absolute atomic E-state index is 0.186. The van der Waals surface area contributed by atoms with Crippen LogP contribution in [0.2, 0.25) is 0 Å². The molecule has 12 N–H and O–H groups in total. The minimum Gasteiger partial charge on any atom is -0.394 e. The summed E-state index contributed by atoms with van der Waals surface area (Å²) in [7, 11) is 0. The summed E-state index contributed by atoms with van der Waals surface area (Å²) in [4.78, 5) is 26.1. The number of amides is 2. The predicted octanol–water partition coefficient (Wildman–Crippen LogP) is -7.48. The number of hydrogen-bond donors (Lipinski definition) is 10. The molecule has 0 bridgehead atoms. The molecule has 4 rings (SSSR count). The molecule has 15 atom stereocenters. The Labute approximate surface area is 227 Å². The first-order valence-electron chi connectivity index (χ1n) is 12.8. The number of rotatable bonds is 8. The van der Waals surface area contributed by atoms with Gasteiger partial charge in [0.25, 0.3) is 0 Å². The van der Waals surface area contributed by atoms with Crippen molar-refractivity contribution in [1.29, 1.82) is 0 Å². The van der Waals surface area contributed by atoms with Crippen molar-refractivity contribution in [2.75, 3.05) is 19.8 Å². The lowest BCUT2D eigenvalue weighted by molar-refractivity contribution is -0.355. The van der Waals surface area contributed by atoms with E-state index in [4.69, 9.17) is 35.2 Å². The largest absolute Gasteiger partial charge is 0.394 e. The molecule has 40 heavy (non-hydrogen) atoms. The van der Waals surface area contributed by atoms with Crippen LogP contribution >= 0.6 is 0 Å². The monoisotopic (exact) mass is 583 g/mol. The SMILES string of the molecule is NC1C(OC2C(CO)OC(OC3C(CO)OC(O)C(N)C3O)C(N3C(=O)CCC3=O)C2O)OC(CO)C(O)C1O. The summed E-state index contributed by atoms with van der Waals surface area (Å²) in [5.74, 6) is -1.38. The molecule has 15 unspecified atom stereocenters. The average molecular weight is 584 g/mol. The Morgan fingerprint density at radius 2 is 1.18 bits per heavy atom. The van der Waals surface area contributed by atoms with Crippen molar-refractivity contribution in [1.82, 2.24) is 4.90 Å². The van der Waals surface area contributed by atoms with Gasteiger partial charge in [0.1, 0.15) is 61.0 Å². The van der Waals surface area contributed by atoms with Crippen molar-refractivity contribution in [2.45, 2.75) is 105 Å². The van der Waals surface area contributed by atoms with E-state index in [1.807, 2.05) is 0 Å². The van der Waals surface area contributed by atoms with Gasteiger partial charge >= 0.3 is 0 Å². The van der Waals surface area contributed by atoms with Gasteiger partial charge in [-0.2, -0.15) is 0 Å². The normalized spacial score (nSPS) is 48.5. The van der Waals surface area contributed by atoms with Gasteiger partial charge in [0, 0.05) is 12.8 Å². The second-order valence-electron chi connectivity index (χ2n) is 10.2. The van der Waals surface area contributed by atoms with Crippen LogP contribution in [0, 0.1) is 0 Å². The Hall–Kier alpha value is -1.46. The number of aliphatic hydroxyl groups excluding tert-OH is 8. The van der Waals surface area contributed by atoms with Gasteiger partial charge in [-0.05, 0) is 0 Å². The molecule has 0 saturated carbocycles. The van der Waals surface area contributed by atoms with Crippen molar-refractivity contribution in [3.63, 3.8) is 0 Å². The first-order chi connectivity index (χ1) is 18.9. The summed E-state index contributed by atoms with van der Waals surface area (Å²) in [6.07, 6.45) is -19.1. The van der Waals surface area contributed by atoms with Gasteiger partial charge in [-0.1, -0.05) is 0 Å². The van der Waals surface area contributed by atoms with Gasteiger partial charge in [-0.15, -0.1) is 0 Å². The molecule has 4 heterocycles. The number of hydrogen-bond acceptors (Lipinski definition) is 17. The molecule has 2 amide bonds. The topological polar surface area (TPSA) is 297 Å². The van der Waals surface area contributed by atoms with E-state index in [1.54, 1.807) is 0 Å². The zero-order chi connectivity index (χ0) is 29.5. The summed E-state index contributed by atoms with van der Waals surface area (Å²) in [5, 5.41) is 81.7. The van der Waals surface area contributed by atoms with Gasteiger partial charge in [-0.25, -0.2) is 0 Å². The number of imide groups is 1. The fourth-order valence-corrected chi connectivity index (χ4v) is 5.34. The standard InChI is InChI=1S/C22H37N3O15/c23-11-16(33)18(7(4-27)36-20(11)35)40-22-13(25-9(29)1-2-10(25)30)17(34)19(8(5-28)38-22)39-21-12(24)15(32)14(31)6(3-26)37-21/h6-8,11-22,26-28,31-35H,1-5,23-24H2. The van der Waals surface area contributed by atoms with E-state index < -0.39 is 124 Å². The minimum atomic E-state index is -1.84. The summed E-state index contributed by atoms with van der Waals surface area (Å²) in [5.41, 5.74) is 11.7. The highest BCUT2D eigenvalue weighted by Crippen LogP contribution is 2.35. The number of likely N-dealkylation sites (tertiary alicyclic amines) is 1. The van der Waals surface area contributed by atoms with E-state index in [2.05, 4.69) is 0 Å². The lowest BCUT2D eigenvalue weighted by Crippen LogP contribution is -2.70. The molecular formula is C22H37N3O15. The molecule has 18 heteroatoms. The Kier molecular flexibility index (Phi) is 10.1. The molecule has 0 aromatic rings. The number of aliphatic hydroxyl groups is 8. The van der Waals surface area contributed by atoms with Crippen molar-refractivity contribution < 1.29 is 74.1 Å². The Morgan fingerprint density at radius 3 is 1.75 bits per heavy atom. The lowest BCUT2D eigenvalue weighted by Gasteiger charge is -2.50. The third-order valence-electron chi connectivity index (χ3n) is 7.64. The first-order valence-corrected chi connectivity index (χ1v) is 12.8. The van der Waals surface area contributed by atoms with Gasteiger partial charge in [-0.3, -0.25) is 14.5 Å². The predicted molar refractivity (Wildman–Crippen MR) is 124 cm³/mol. The van der Waals surface area contributed by atoms with Gasteiger partial charge in [0.2, 0.25) is 11.8 Å². The van der Waals surface area contributed by atoms with Crippen molar-refractivity contribution in [3.8, 4) is 0 Å². The van der Waals surface area contributed by atoms with E-state index in [9.17, 15) is 50.4 Å². The summed E-state index contributed by atoms with van der Waals surface area (Å²) in [6.45, 7) is -2.29. The lowest BCUT2D eigenvalue weighted by atomic mass is 9.93. The van der Waals surface area contributed by atoms with Crippen LogP contribution in [0.25, 0.3) is 0 Å². The van der Waals surface area contributed by atoms with E-state index in [-0.39, 0.29) is 12.8 Å². The van der Waals surface area contributed by atoms with E-state index >= 15 is 0 Å². The number of nitrogens with zero attached hydrogens (tertiary/aromatic N) is 1. The molecule has 230 valence electrons. The zero-order valence-corrected chi connectivity index (χ0v) is 21.2. The number of nitrogens with two attached hydrogens (primary N) is 2. The van der Waals surface area contributed by atoms with Crippen LogP contribution in [0.15, 0.2) is 0 Å². The summed E-state index contributed by atoms with van der Waals surface area (Å²) >= 11 is 0. The highest BCUT2D eigenvalue weighted by atomic mass is 16.7. The smallest absolute Gasteiger partial charge is 0.230 e. The number of carbonyl (C=O) groups is 2. The highest BCUT2D eigenvalue weighted by molar-refractivity contribution is 6.02. The fourth-order valence-electron chi connectivity index (χ4n) is 5.34. The molecule has 0 aliphatic carbocycles. The quantitative estimate of drug-likeness (QED) is 0.119. The molecular weight excluding hydrogens is 546 g/mol. The van der Waals surface area contributed by atoms with E-state index in [1.165, 1.54) is 0 Å². The molecule has 4 aliphatic heterocycles. The number of carbonyl (C=O) groups excluding carboxylic acids is 2. The zero-order valence-electron chi connectivity index (χ0n) is 21.2. The molecule has 0 radical (unpaired) electrons. The molecule has 4 fully saturated rings. The van der Waals surface area contributed by atoms with Crippen LogP contribution in [-0.4, -0.2) is 169 Å². The summed E-state index contributed by atoms with van der Waals surface area (Å²) < 4.78 is 28.0. The van der Waals surface area contributed by atoms with Gasteiger partial charge in [0.05, 0.1) is 31.9 Å². The van der Waals surface area contributed by atoms with Crippen LogP contribution < -0.4 is 11.5 Å². The maximum atomic E-state index is 12.7. The number of ether oxygens (including phenoxy) is 5. The van der Waals surface area contributed by atoms with E-state index in [0.29, 0.717) is 4.90 Å². The van der Waals surface area contributed by atoms with Crippen LogP contribution in [0.3, 0.4) is 0 Å². The second-order valence-corrected chi connectivity index (χ2v) is 10.2. The first kappa shape index (κ1) is 31.5. The second kappa shape index (κ2) is 12.8. The van der Waals surface area contributed by atoms with Crippen molar-refractivity contribution >= 4 is 11.8 Å². The third-order valence-corrected chi connectivity index (χ3v) is 7.64. The molecule has 0 aromatic carbocycles. The molecule has 0 aromatic heterocycles. The third kappa shape index (κ3) is 5.76. The molecule has 4 saturated heterocycles. The summed E-state index contributed by atoms with van der Waals surface area (Å²) in [6, 6.07) is -4.40. The average Bonchev–Trinajstić information content (AvgIpc) is 3.27.